The maximum atomic E-state index is 6.69. The van der Waals surface area contributed by atoms with Gasteiger partial charge in [-0.2, -0.15) is 5.10 Å². The third-order valence-electron chi connectivity index (χ3n) is 4.76. The van der Waals surface area contributed by atoms with E-state index in [9.17, 15) is 0 Å². The van der Waals surface area contributed by atoms with Gasteiger partial charge in [-0.1, -0.05) is 32.6 Å². The first-order valence-electron chi connectivity index (χ1n) is 8.35. The molecule has 1 aliphatic carbocycles. The van der Waals surface area contributed by atoms with Crippen LogP contribution in [0, 0.1) is 5.92 Å². The summed E-state index contributed by atoms with van der Waals surface area (Å²) in [5.41, 5.74) is 7.82. The molecular weight excluding hydrogens is 246 g/mol. The SMILES string of the molecule is CCCC1CCCC(N)(Cc2ccn(C(C)C)n2)CC1. The Bertz CT molecular complexity index is 410. The van der Waals surface area contributed by atoms with Gasteiger partial charge in [-0.05, 0) is 45.1 Å². The first kappa shape index (κ1) is 15.6. The Morgan fingerprint density at radius 2 is 2.20 bits per heavy atom. The Morgan fingerprint density at radius 1 is 1.40 bits per heavy atom. The fourth-order valence-corrected chi connectivity index (χ4v) is 3.50. The highest BCUT2D eigenvalue weighted by atomic mass is 15.3. The van der Waals surface area contributed by atoms with Crippen molar-refractivity contribution >= 4 is 0 Å². The molecule has 1 aromatic heterocycles. The van der Waals surface area contributed by atoms with Crippen LogP contribution in [0.1, 0.15) is 77.5 Å². The Kier molecular flexibility index (Phi) is 5.25. The normalized spacial score (nSPS) is 27.8. The molecule has 2 unspecified atom stereocenters. The Labute approximate surface area is 123 Å². The van der Waals surface area contributed by atoms with Crippen LogP contribution in [0.3, 0.4) is 0 Å². The van der Waals surface area contributed by atoms with E-state index in [0.717, 1.165) is 30.9 Å². The van der Waals surface area contributed by atoms with Crippen LogP contribution in [0.25, 0.3) is 0 Å². The lowest BCUT2D eigenvalue weighted by Crippen LogP contribution is -2.41. The van der Waals surface area contributed by atoms with Crippen LogP contribution < -0.4 is 5.73 Å². The molecule has 0 bridgehead atoms. The zero-order valence-corrected chi connectivity index (χ0v) is 13.4. The van der Waals surface area contributed by atoms with Crippen molar-refractivity contribution in [3.8, 4) is 0 Å². The fraction of sp³-hybridized carbons (Fsp3) is 0.824. The van der Waals surface area contributed by atoms with Crippen molar-refractivity contribution < 1.29 is 0 Å². The molecule has 1 aliphatic rings. The highest BCUT2D eigenvalue weighted by Gasteiger charge is 2.30. The van der Waals surface area contributed by atoms with Gasteiger partial charge >= 0.3 is 0 Å². The minimum atomic E-state index is -0.0291. The summed E-state index contributed by atoms with van der Waals surface area (Å²) in [4.78, 5) is 0. The Morgan fingerprint density at radius 3 is 2.85 bits per heavy atom. The van der Waals surface area contributed by atoms with Crippen LogP contribution in [0.4, 0.5) is 0 Å². The maximum absolute atomic E-state index is 6.69. The van der Waals surface area contributed by atoms with E-state index in [1.54, 1.807) is 0 Å². The van der Waals surface area contributed by atoms with Crippen molar-refractivity contribution in [3.05, 3.63) is 18.0 Å². The number of aromatic nitrogens is 2. The standard InChI is InChI=1S/C17H31N3/c1-4-6-15-7-5-10-17(18,11-8-15)13-16-9-12-20(19-16)14(2)3/h9,12,14-15H,4-8,10-11,13,18H2,1-3H3. The second-order valence-electron chi connectivity index (χ2n) is 7.01. The van der Waals surface area contributed by atoms with Gasteiger partial charge in [0.1, 0.15) is 0 Å². The van der Waals surface area contributed by atoms with Gasteiger partial charge in [-0.25, -0.2) is 0 Å². The summed E-state index contributed by atoms with van der Waals surface area (Å²) < 4.78 is 2.04. The molecule has 0 aliphatic heterocycles. The van der Waals surface area contributed by atoms with Crippen molar-refractivity contribution in [2.75, 3.05) is 0 Å². The molecule has 1 aromatic rings. The quantitative estimate of drug-likeness (QED) is 0.824. The van der Waals surface area contributed by atoms with Gasteiger partial charge in [-0.3, -0.25) is 4.68 Å². The summed E-state index contributed by atoms with van der Waals surface area (Å²) in [5, 5.41) is 4.67. The summed E-state index contributed by atoms with van der Waals surface area (Å²) in [7, 11) is 0. The van der Waals surface area contributed by atoms with E-state index in [1.165, 1.54) is 32.1 Å². The van der Waals surface area contributed by atoms with E-state index in [2.05, 4.69) is 38.1 Å². The van der Waals surface area contributed by atoms with Crippen molar-refractivity contribution in [1.29, 1.82) is 0 Å². The highest BCUT2D eigenvalue weighted by molar-refractivity contribution is 5.06. The predicted molar refractivity (Wildman–Crippen MR) is 84.7 cm³/mol. The van der Waals surface area contributed by atoms with Crippen LogP contribution in [-0.2, 0) is 6.42 Å². The van der Waals surface area contributed by atoms with Gasteiger partial charge in [0.2, 0.25) is 0 Å². The van der Waals surface area contributed by atoms with E-state index >= 15 is 0 Å². The third kappa shape index (κ3) is 4.08. The lowest BCUT2D eigenvalue weighted by molar-refractivity contribution is 0.350. The number of hydrogen-bond donors (Lipinski definition) is 1. The minimum Gasteiger partial charge on any atom is -0.325 e. The van der Waals surface area contributed by atoms with Crippen molar-refractivity contribution in [2.45, 2.75) is 83.7 Å². The summed E-state index contributed by atoms with van der Waals surface area (Å²) in [5.74, 6) is 0.902. The molecule has 1 saturated carbocycles. The average Bonchev–Trinajstić information content (AvgIpc) is 2.77. The monoisotopic (exact) mass is 277 g/mol. The smallest absolute Gasteiger partial charge is 0.0643 e. The molecule has 0 radical (unpaired) electrons. The molecule has 0 amide bonds. The van der Waals surface area contributed by atoms with Gasteiger partial charge in [0.15, 0.2) is 0 Å². The molecule has 3 nitrogen and oxygen atoms in total. The Hall–Kier alpha value is -0.830. The van der Waals surface area contributed by atoms with Gasteiger partial charge < -0.3 is 5.73 Å². The molecule has 114 valence electrons. The Balaban J connectivity index is 1.96. The van der Waals surface area contributed by atoms with Crippen LogP contribution in [-0.4, -0.2) is 15.3 Å². The van der Waals surface area contributed by atoms with E-state index in [1.807, 2.05) is 4.68 Å². The average molecular weight is 277 g/mol. The molecule has 0 spiro atoms. The summed E-state index contributed by atoms with van der Waals surface area (Å²) in [6, 6.07) is 2.57. The molecule has 2 rings (SSSR count). The minimum absolute atomic E-state index is 0.0291. The molecule has 0 saturated heterocycles. The largest absolute Gasteiger partial charge is 0.325 e. The van der Waals surface area contributed by atoms with Gasteiger partial charge in [0.25, 0.3) is 0 Å². The van der Waals surface area contributed by atoms with Crippen molar-refractivity contribution in [2.24, 2.45) is 11.7 Å². The molecule has 1 fully saturated rings. The maximum Gasteiger partial charge on any atom is 0.0643 e. The van der Waals surface area contributed by atoms with Crippen molar-refractivity contribution in [3.63, 3.8) is 0 Å². The zero-order chi connectivity index (χ0) is 14.6. The number of rotatable bonds is 5. The topological polar surface area (TPSA) is 43.8 Å². The first-order chi connectivity index (χ1) is 9.52. The molecule has 20 heavy (non-hydrogen) atoms. The summed E-state index contributed by atoms with van der Waals surface area (Å²) >= 11 is 0. The lowest BCUT2D eigenvalue weighted by atomic mass is 9.86. The molecule has 1 heterocycles. The van der Waals surface area contributed by atoms with Crippen LogP contribution >= 0.6 is 0 Å². The predicted octanol–water partition coefficient (Wildman–Crippen LogP) is 4.08. The van der Waals surface area contributed by atoms with Crippen LogP contribution in [0.15, 0.2) is 12.3 Å². The highest BCUT2D eigenvalue weighted by Crippen LogP contribution is 2.33. The summed E-state index contributed by atoms with van der Waals surface area (Å²) in [6.07, 6.45) is 12.0. The van der Waals surface area contributed by atoms with E-state index in [4.69, 9.17) is 5.73 Å². The first-order valence-corrected chi connectivity index (χ1v) is 8.35. The second kappa shape index (κ2) is 6.75. The van der Waals surface area contributed by atoms with E-state index < -0.39 is 0 Å². The third-order valence-corrected chi connectivity index (χ3v) is 4.76. The number of nitrogens with two attached hydrogens (primary N) is 1. The van der Waals surface area contributed by atoms with Crippen LogP contribution in [0.5, 0.6) is 0 Å². The molecular formula is C17H31N3. The van der Waals surface area contributed by atoms with Crippen molar-refractivity contribution in [1.82, 2.24) is 9.78 Å². The second-order valence-corrected chi connectivity index (χ2v) is 7.01. The number of nitrogens with zero attached hydrogens (tertiary/aromatic N) is 2. The van der Waals surface area contributed by atoms with Gasteiger partial charge in [0, 0.05) is 24.2 Å². The van der Waals surface area contributed by atoms with Crippen LogP contribution in [0.2, 0.25) is 0 Å². The molecule has 2 N–H and O–H groups in total. The van der Waals surface area contributed by atoms with Gasteiger partial charge in [-0.15, -0.1) is 0 Å². The fourth-order valence-electron chi connectivity index (χ4n) is 3.50. The number of hydrogen-bond acceptors (Lipinski definition) is 2. The van der Waals surface area contributed by atoms with E-state index in [-0.39, 0.29) is 5.54 Å². The van der Waals surface area contributed by atoms with E-state index in [0.29, 0.717) is 6.04 Å². The molecule has 3 heteroatoms. The zero-order valence-electron chi connectivity index (χ0n) is 13.4. The lowest BCUT2D eigenvalue weighted by Gasteiger charge is -2.27. The van der Waals surface area contributed by atoms with Gasteiger partial charge in [0.05, 0.1) is 5.69 Å². The molecule has 2 atom stereocenters. The summed E-state index contributed by atoms with van der Waals surface area (Å²) in [6.45, 7) is 6.62. The molecule has 0 aromatic carbocycles.